The van der Waals surface area contributed by atoms with Crippen molar-refractivity contribution in [1.29, 1.82) is 0 Å². The molecule has 0 N–H and O–H groups in total. The van der Waals surface area contributed by atoms with Crippen LogP contribution in [0.3, 0.4) is 0 Å². The van der Waals surface area contributed by atoms with E-state index in [2.05, 4.69) is 63.2 Å². The first-order chi connectivity index (χ1) is 14.1. The fourth-order valence-corrected chi connectivity index (χ4v) is 4.34. The van der Waals surface area contributed by atoms with Gasteiger partial charge in [0.05, 0.1) is 5.56 Å². The van der Waals surface area contributed by atoms with E-state index in [-0.39, 0.29) is 5.41 Å². The van der Waals surface area contributed by atoms with Gasteiger partial charge >= 0.3 is 6.18 Å². The highest BCUT2D eigenvalue weighted by molar-refractivity contribution is 6.25. The molecule has 0 atom stereocenters. The molecule has 0 unspecified atom stereocenters. The summed E-state index contributed by atoms with van der Waals surface area (Å²) in [4.78, 5) is 0. The van der Waals surface area contributed by atoms with E-state index in [9.17, 15) is 13.2 Å². The molecule has 0 saturated carbocycles. The molecule has 0 amide bonds. The summed E-state index contributed by atoms with van der Waals surface area (Å²) in [6, 6.07) is 22.5. The molecule has 0 heterocycles. The third-order valence-corrected chi connectivity index (χ3v) is 5.99. The van der Waals surface area contributed by atoms with Gasteiger partial charge in [0, 0.05) is 0 Å². The molecule has 0 aliphatic carbocycles. The predicted molar refractivity (Wildman–Crippen MR) is 119 cm³/mol. The minimum Gasteiger partial charge on any atom is -0.166 e. The van der Waals surface area contributed by atoms with E-state index in [1.54, 1.807) is 12.1 Å². The fraction of sp³-hybridized carbons (Fsp3) is 0.185. The van der Waals surface area contributed by atoms with Gasteiger partial charge in [-0.3, -0.25) is 0 Å². The highest BCUT2D eigenvalue weighted by Gasteiger charge is 2.30. The maximum Gasteiger partial charge on any atom is 0.416 e. The van der Waals surface area contributed by atoms with Crippen LogP contribution in [-0.2, 0) is 11.6 Å². The second kappa shape index (κ2) is 6.21. The Bertz CT molecular complexity index is 1370. The van der Waals surface area contributed by atoms with E-state index in [0.29, 0.717) is 0 Å². The maximum atomic E-state index is 13.0. The Morgan fingerprint density at radius 3 is 1.73 bits per heavy atom. The second-order valence-corrected chi connectivity index (χ2v) is 9.01. The molecule has 5 aromatic carbocycles. The normalized spacial score (nSPS) is 13.0. The van der Waals surface area contributed by atoms with Crippen molar-refractivity contribution in [2.45, 2.75) is 32.4 Å². The molecule has 150 valence electrons. The number of halogens is 3. The quantitative estimate of drug-likeness (QED) is 0.246. The van der Waals surface area contributed by atoms with Crippen LogP contribution in [-0.4, -0.2) is 0 Å². The van der Waals surface area contributed by atoms with Crippen LogP contribution in [0.4, 0.5) is 13.2 Å². The molecular formula is C27H21F3. The number of rotatable bonds is 1. The van der Waals surface area contributed by atoms with Gasteiger partial charge in [0.2, 0.25) is 0 Å². The maximum absolute atomic E-state index is 13.0. The summed E-state index contributed by atoms with van der Waals surface area (Å²) in [7, 11) is 0. The van der Waals surface area contributed by atoms with E-state index < -0.39 is 11.7 Å². The molecule has 0 aliphatic heterocycles. The van der Waals surface area contributed by atoms with Gasteiger partial charge < -0.3 is 0 Å². The lowest BCUT2D eigenvalue weighted by Crippen LogP contribution is -2.10. The van der Waals surface area contributed by atoms with Gasteiger partial charge in [-0.2, -0.15) is 13.2 Å². The first kappa shape index (κ1) is 18.9. The van der Waals surface area contributed by atoms with Crippen molar-refractivity contribution in [2.75, 3.05) is 0 Å². The lowest BCUT2D eigenvalue weighted by atomic mass is 9.83. The van der Waals surface area contributed by atoms with E-state index in [1.165, 1.54) is 27.1 Å². The van der Waals surface area contributed by atoms with Crippen molar-refractivity contribution in [1.82, 2.24) is 0 Å². The van der Waals surface area contributed by atoms with Crippen molar-refractivity contribution in [3.8, 4) is 11.1 Å². The van der Waals surface area contributed by atoms with Crippen molar-refractivity contribution >= 4 is 32.3 Å². The first-order valence-corrected chi connectivity index (χ1v) is 10.0. The van der Waals surface area contributed by atoms with Gasteiger partial charge in [0.1, 0.15) is 0 Å². The summed E-state index contributed by atoms with van der Waals surface area (Å²) in [5, 5.41) is 6.98. The highest BCUT2D eigenvalue weighted by Crippen LogP contribution is 2.41. The fourth-order valence-electron chi connectivity index (χ4n) is 4.34. The lowest BCUT2D eigenvalue weighted by Gasteiger charge is -2.22. The summed E-state index contributed by atoms with van der Waals surface area (Å²) in [5.74, 6) is 0. The Morgan fingerprint density at radius 1 is 0.567 bits per heavy atom. The predicted octanol–water partition coefficient (Wildman–Crippen LogP) is 8.57. The molecule has 3 heteroatoms. The smallest absolute Gasteiger partial charge is 0.166 e. The van der Waals surface area contributed by atoms with Crippen LogP contribution in [0.5, 0.6) is 0 Å². The molecule has 0 nitrogen and oxygen atoms in total. The molecule has 0 aromatic heterocycles. The van der Waals surface area contributed by atoms with Gasteiger partial charge in [0.25, 0.3) is 0 Å². The first-order valence-electron chi connectivity index (χ1n) is 10.0. The van der Waals surface area contributed by atoms with Crippen molar-refractivity contribution in [2.24, 2.45) is 0 Å². The number of hydrogen-bond donors (Lipinski definition) is 0. The summed E-state index contributed by atoms with van der Waals surface area (Å²) >= 11 is 0. The topological polar surface area (TPSA) is 0 Å². The summed E-state index contributed by atoms with van der Waals surface area (Å²) < 4.78 is 38.9. The van der Waals surface area contributed by atoms with Crippen LogP contribution in [0.1, 0.15) is 31.9 Å². The van der Waals surface area contributed by atoms with E-state index >= 15 is 0 Å². The average molecular weight is 402 g/mol. The van der Waals surface area contributed by atoms with Crippen molar-refractivity contribution in [3.05, 3.63) is 83.9 Å². The van der Waals surface area contributed by atoms with Crippen LogP contribution in [0.25, 0.3) is 43.4 Å². The van der Waals surface area contributed by atoms with Gasteiger partial charge in [-0.15, -0.1) is 0 Å². The summed E-state index contributed by atoms with van der Waals surface area (Å²) in [6.45, 7) is 6.63. The monoisotopic (exact) mass is 402 g/mol. The minimum atomic E-state index is -4.33. The molecule has 0 radical (unpaired) electrons. The summed E-state index contributed by atoms with van der Waals surface area (Å²) in [5.41, 5.74) is 2.45. The third kappa shape index (κ3) is 2.92. The number of benzene rings is 5. The second-order valence-electron chi connectivity index (χ2n) is 9.01. The van der Waals surface area contributed by atoms with Gasteiger partial charge in [-0.05, 0) is 66.6 Å². The van der Waals surface area contributed by atoms with Gasteiger partial charge in [-0.1, -0.05) is 81.4 Å². The molecule has 0 fully saturated rings. The lowest BCUT2D eigenvalue weighted by molar-refractivity contribution is -0.137. The standard InChI is InChI=1S/C27H21F3/c1-26(2,3)21-14-18-5-4-17-8-12-22(16-6-10-20(11-7-16)27(28,29)30)23-13-9-19(15-21)24(18)25(17)23/h4-15H,1-3H3. The van der Waals surface area contributed by atoms with Crippen LogP contribution < -0.4 is 0 Å². The Balaban J connectivity index is 1.78. The highest BCUT2D eigenvalue weighted by atomic mass is 19.4. The zero-order valence-corrected chi connectivity index (χ0v) is 17.1. The Kier molecular flexibility index (Phi) is 3.92. The Hall–Kier alpha value is -3.07. The van der Waals surface area contributed by atoms with Crippen LogP contribution in [0.2, 0.25) is 0 Å². The van der Waals surface area contributed by atoms with Crippen LogP contribution in [0.15, 0.2) is 72.8 Å². The Labute approximate surface area is 173 Å². The van der Waals surface area contributed by atoms with E-state index in [0.717, 1.165) is 34.0 Å². The average Bonchev–Trinajstić information content (AvgIpc) is 2.70. The van der Waals surface area contributed by atoms with Crippen molar-refractivity contribution < 1.29 is 13.2 Å². The zero-order chi connectivity index (χ0) is 21.3. The SMILES string of the molecule is CC(C)(C)c1cc2ccc3ccc(-c4ccc(C(F)(F)F)cc4)c4ccc(c1)c2c34. The molecule has 30 heavy (non-hydrogen) atoms. The molecule has 5 aromatic rings. The van der Waals surface area contributed by atoms with Crippen LogP contribution >= 0.6 is 0 Å². The number of alkyl halides is 3. The van der Waals surface area contributed by atoms with Crippen molar-refractivity contribution in [3.63, 3.8) is 0 Å². The third-order valence-electron chi connectivity index (χ3n) is 5.99. The number of hydrogen-bond acceptors (Lipinski definition) is 0. The van der Waals surface area contributed by atoms with E-state index in [1.807, 2.05) is 6.07 Å². The zero-order valence-electron chi connectivity index (χ0n) is 17.1. The molecule has 0 bridgehead atoms. The Morgan fingerprint density at radius 2 is 1.13 bits per heavy atom. The summed E-state index contributed by atoms with van der Waals surface area (Å²) in [6.07, 6.45) is -4.33. The largest absolute Gasteiger partial charge is 0.416 e. The molecule has 0 aliphatic rings. The van der Waals surface area contributed by atoms with E-state index in [4.69, 9.17) is 0 Å². The molecular weight excluding hydrogens is 381 g/mol. The van der Waals surface area contributed by atoms with Crippen LogP contribution in [0, 0.1) is 0 Å². The minimum absolute atomic E-state index is 0.0514. The molecule has 0 spiro atoms. The van der Waals surface area contributed by atoms with Gasteiger partial charge in [0.15, 0.2) is 0 Å². The molecule has 5 rings (SSSR count). The van der Waals surface area contributed by atoms with Gasteiger partial charge in [-0.25, -0.2) is 0 Å². The molecule has 0 saturated heterocycles.